The van der Waals surface area contributed by atoms with Gasteiger partial charge in [-0.3, -0.25) is 0 Å². The Hall–Kier alpha value is -3.58. The Kier molecular flexibility index (Phi) is 8.03. The SMILES string of the molecule is CC(=O)O[N+](=NNC(=O)C(=O)NN=[N+](OC(C)=O)C(C)=O)C(C)=O. The van der Waals surface area contributed by atoms with Crippen LogP contribution in [0.5, 0.6) is 0 Å². The normalized spacial score (nSPS) is 11.2. The van der Waals surface area contributed by atoms with Crippen molar-refractivity contribution in [2.24, 2.45) is 10.4 Å². The second kappa shape index (κ2) is 9.44. The Bertz CT molecular complexity index is 596. The van der Waals surface area contributed by atoms with Gasteiger partial charge in [0, 0.05) is 27.7 Å². The van der Waals surface area contributed by atoms with E-state index >= 15 is 0 Å². The standard InChI is InChI=1S/C10H12N6O8/c1-5(17)15(23-7(3)19)13-11-9(21)10(22)12-14-16(6(2)18)24-8(4)20/h1-4H3/p+2. The predicted octanol–water partition coefficient (Wildman–Crippen LogP) is -1.97. The minimum absolute atomic E-state index is 0.130. The number of nitrogens with zero attached hydrogens (tertiary/aromatic N) is 4. The second-order valence-electron chi connectivity index (χ2n) is 3.83. The molecule has 0 unspecified atom stereocenters. The highest BCUT2D eigenvalue weighted by Gasteiger charge is 2.26. The van der Waals surface area contributed by atoms with Crippen LogP contribution in [0.2, 0.25) is 0 Å². The van der Waals surface area contributed by atoms with Gasteiger partial charge in [-0.2, -0.15) is 0 Å². The van der Waals surface area contributed by atoms with E-state index in [2.05, 4.69) is 20.1 Å². The Morgan fingerprint density at radius 3 is 1.17 bits per heavy atom. The highest BCUT2D eigenvalue weighted by molar-refractivity contribution is 6.34. The van der Waals surface area contributed by atoms with Gasteiger partial charge < -0.3 is 0 Å². The molecule has 0 aromatic heterocycles. The first-order chi connectivity index (χ1) is 11.0. The Morgan fingerprint density at radius 2 is 0.958 bits per heavy atom. The van der Waals surface area contributed by atoms with Gasteiger partial charge in [0.05, 0.1) is 0 Å². The van der Waals surface area contributed by atoms with Crippen LogP contribution in [0, 0.1) is 0 Å². The second-order valence-corrected chi connectivity index (χ2v) is 3.83. The molecule has 0 aromatic carbocycles. The molecule has 14 nitrogen and oxygen atoms in total. The van der Waals surface area contributed by atoms with E-state index < -0.39 is 35.6 Å². The summed E-state index contributed by atoms with van der Waals surface area (Å²) in [5, 5.41) is 6.14. The lowest BCUT2D eigenvalue weighted by Crippen LogP contribution is -2.38. The average molecular weight is 346 g/mol. The lowest BCUT2D eigenvalue weighted by atomic mass is 10.6. The third-order valence-corrected chi connectivity index (χ3v) is 1.66. The van der Waals surface area contributed by atoms with Crippen LogP contribution in [0.3, 0.4) is 0 Å². The van der Waals surface area contributed by atoms with Crippen LogP contribution in [-0.4, -0.2) is 45.3 Å². The largest absolute Gasteiger partial charge is 0.443 e. The summed E-state index contributed by atoms with van der Waals surface area (Å²) in [4.78, 5) is 75.2. The lowest BCUT2D eigenvalue weighted by molar-refractivity contribution is -0.744. The molecule has 0 rings (SSSR count). The summed E-state index contributed by atoms with van der Waals surface area (Å²) in [5.74, 6) is -6.39. The molecule has 0 fully saturated rings. The van der Waals surface area contributed by atoms with E-state index in [1.807, 2.05) is 0 Å². The number of hydrogen-bond acceptors (Lipinski definition) is 10. The zero-order chi connectivity index (χ0) is 18.9. The minimum Gasteiger partial charge on any atom is -0.247 e. The van der Waals surface area contributed by atoms with Crippen molar-refractivity contribution in [1.29, 1.82) is 0 Å². The topological polar surface area (TPSA) is 176 Å². The van der Waals surface area contributed by atoms with Crippen LogP contribution >= 0.6 is 0 Å². The van der Waals surface area contributed by atoms with Gasteiger partial charge in [-0.15, -0.1) is 10.9 Å². The highest BCUT2D eigenvalue weighted by Crippen LogP contribution is 1.86. The molecule has 0 aliphatic rings. The summed E-state index contributed by atoms with van der Waals surface area (Å²) in [7, 11) is 0. The van der Waals surface area contributed by atoms with Crippen LogP contribution in [-0.2, 0) is 38.4 Å². The fraction of sp³-hybridized carbons (Fsp3) is 0.400. The van der Waals surface area contributed by atoms with E-state index in [1.54, 1.807) is 10.9 Å². The number of rotatable bonds is 2. The predicted molar refractivity (Wildman–Crippen MR) is 66.6 cm³/mol. The van der Waals surface area contributed by atoms with Gasteiger partial charge in [-0.25, -0.2) is 38.4 Å². The maximum Gasteiger partial charge on any atom is 0.443 e. The summed E-state index contributed by atoms with van der Waals surface area (Å²) >= 11 is 0. The maximum atomic E-state index is 11.4. The zero-order valence-corrected chi connectivity index (χ0v) is 13.1. The van der Waals surface area contributed by atoms with Crippen molar-refractivity contribution >= 4 is 35.6 Å². The molecule has 0 saturated heterocycles. The molecule has 0 aliphatic carbocycles. The first-order valence-electron chi connectivity index (χ1n) is 6.04. The fourth-order valence-electron chi connectivity index (χ4n) is 0.837. The van der Waals surface area contributed by atoms with Crippen molar-refractivity contribution < 1.29 is 48.2 Å². The third kappa shape index (κ3) is 8.01. The number of hydroxylamine groups is 2. The van der Waals surface area contributed by atoms with Gasteiger partial charge in [0.2, 0.25) is 0 Å². The minimum atomic E-state index is -1.43. The van der Waals surface area contributed by atoms with E-state index in [4.69, 9.17) is 0 Å². The van der Waals surface area contributed by atoms with Crippen molar-refractivity contribution in [1.82, 2.24) is 10.9 Å². The van der Waals surface area contributed by atoms with Crippen molar-refractivity contribution in [3.63, 3.8) is 0 Å². The fourth-order valence-corrected chi connectivity index (χ4v) is 0.837. The van der Waals surface area contributed by atoms with Gasteiger partial charge in [-0.05, 0) is 0 Å². The molecular weight excluding hydrogens is 332 g/mol. The molecule has 0 aliphatic heterocycles. The van der Waals surface area contributed by atoms with Crippen molar-refractivity contribution in [2.45, 2.75) is 27.7 Å². The highest BCUT2D eigenvalue weighted by atomic mass is 16.7. The summed E-state index contributed by atoms with van der Waals surface area (Å²) in [6, 6.07) is 0. The molecule has 130 valence electrons. The maximum absolute atomic E-state index is 11.4. The van der Waals surface area contributed by atoms with Gasteiger partial charge in [0.25, 0.3) is 0 Å². The van der Waals surface area contributed by atoms with Crippen LogP contribution in [0.1, 0.15) is 27.7 Å². The number of hydrogen-bond donors (Lipinski definition) is 2. The number of carbonyl (C=O) groups excluding carboxylic acids is 6. The zero-order valence-electron chi connectivity index (χ0n) is 13.1. The average Bonchev–Trinajstić information content (AvgIpc) is 2.45. The molecular formula is C10H14N6O8+2. The smallest absolute Gasteiger partial charge is 0.247 e. The summed E-state index contributed by atoms with van der Waals surface area (Å²) in [6.07, 6.45) is 0. The van der Waals surface area contributed by atoms with Crippen molar-refractivity contribution in [2.75, 3.05) is 0 Å². The number of carbonyl (C=O) groups is 6. The Balaban J connectivity index is 4.90. The lowest BCUT2D eigenvalue weighted by Gasteiger charge is -1.96. The van der Waals surface area contributed by atoms with Crippen LogP contribution in [0.4, 0.5) is 0 Å². The Morgan fingerprint density at radius 1 is 0.667 bits per heavy atom. The number of nitrogens with one attached hydrogen (secondary N) is 2. The van der Waals surface area contributed by atoms with Crippen molar-refractivity contribution in [3.05, 3.63) is 0 Å². The van der Waals surface area contributed by atoms with Crippen molar-refractivity contribution in [3.8, 4) is 0 Å². The first-order valence-corrected chi connectivity index (χ1v) is 6.04. The third-order valence-electron chi connectivity index (χ3n) is 1.66. The molecule has 4 amide bonds. The van der Waals surface area contributed by atoms with Crippen LogP contribution in [0.25, 0.3) is 0 Å². The molecule has 0 saturated carbocycles. The molecule has 2 N–H and O–H groups in total. The Labute approximate surface area is 133 Å². The monoisotopic (exact) mass is 346 g/mol. The van der Waals surface area contributed by atoms with E-state index in [0.717, 1.165) is 27.7 Å². The molecule has 0 spiro atoms. The quantitative estimate of drug-likeness (QED) is 0.250. The molecule has 0 atom stereocenters. The summed E-state index contributed by atoms with van der Waals surface area (Å²) < 4.78 is 0. The number of amides is 4. The van der Waals surface area contributed by atoms with Gasteiger partial charge >= 0.3 is 35.6 Å². The van der Waals surface area contributed by atoms with E-state index in [9.17, 15) is 28.8 Å². The van der Waals surface area contributed by atoms with E-state index in [1.165, 1.54) is 0 Å². The molecule has 0 bridgehead atoms. The van der Waals surface area contributed by atoms with E-state index in [0.29, 0.717) is 0 Å². The summed E-state index contributed by atoms with van der Waals surface area (Å²) in [6.45, 7) is 3.89. The first kappa shape index (κ1) is 20.4. The van der Waals surface area contributed by atoms with Gasteiger partial charge in [0.1, 0.15) is 20.2 Å². The van der Waals surface area contributed by atoms with E-state index in [-0.39, 0.29) is 9.72 Å². The van der Waals surface area contributed by atoms with Crippen LogP contribution in [0.15, 0.2) is 10.4 Å². The molecule has 0 heterocycles. The molecule has 24 heavy (non-hydrogen) atoms. The molecule has 14 heteroatoms. The molecule has 0 radical (unpaired) electrons. The van der Waals surface area contributed by atoms with Gasteiger partial charge in [0.15, 0.2) is 0 Å². The van der Waals surface area contributed by atoms with Gasteiger partial charge in [-0.1, -0.05) is 0 Å². The summed E-state index contributed by atoms with van der Waals surface area (Å²) in [5.41, 5.74) is 3.19. The van der Waals surface area contributed by atoms with Crippen LogP contribution < -0.4 is 10.9 Å². The molecule has 0 aromatic rings.